The summed E-state index contributed by atoms with van der Waals surface area (Å²) >= 11 is 6.23. The number of anilines is 1. The molecule has 0 bridgehead atoms. The van der Waals surface area contributed by atoms with Crippen LogP contribution in [0.4, 0.5) is 5.82 Å². The van der Waals surface area contributed by atoms with Crippen molar-refractivity contribution >= 4 is 29.2 Å². The van der Waals surface area contributed by atoms with Gasteiger partial charge in [0.1, 0.15) is 11.9 Å². The molecule has 7 heteroatoms. The second kappa shape index (κ2) is 12.6. The zero-order valence-electron chi connectivity index (χ0n) is 24.7. The lowest BCUT2D eigenvalue weighted by Crippen LogP contribution is -2.48. The number of rotatable bonds is 10. The number of nitrogens with zero attached hydrogens (tertiary/aromatic N) is 3. The zero-order valence-corrected chi connectivity index (χ0v) is 25.5. The fourth-order valence-corrected chi connectivity index (χ4v) is 6.70. The summed E-state index contributed by atoms with van der Waals surface area (Å²) in [7, 11) is 0. The van der Waals surface area contributed by atoms with Gasteiger partial charge in [0.15, 0.2) is 0 Å². The van der Waals surface area contributed by atoms with Crippen molar-refractivity contribution in [3.8, 4) is 0 Å². The number of carbonyl (C=O) groups is 2. The van der Waals surface area contributed by atoms with Gasteiger partial charge in [0.2, 0.25) is 0 Å². The molecule has 1 aromatic heterocycles. The van der Waals surface area contributed by atoms with Gasteiger partial charge >= 0.3 is 0 Å². The fourth-order valence-electron chi connectivity index (χ4n) is 6.58. The average molecular weight is 585 g/mol. The van der Waals surface area contributed by atoms with E-state index in [1.165, 1.54) is 24.0 Å². The molecule has 3 aliphatic rings. The minimum atomic E-state index is -0.654. The van der Waals surface area contributed by atoms with Gasteiger partial charge in [-0.15, -0.1) is 0 Å². The van der Waals surface area contributed by atoms with E-state index in [4.69, 9.17) is 16.6 Å². The van der Waals surface area contributed by atoms with Gasteiger partial charge in [0, 0.05) is 47.9 Å². The molecule has 3 heterocycles. The number of aromatic nitrogens is 1. The molecule has 1 saturated carbocycles. The maximum atomic E-state index is 14.0. The molecule has 1 saturated heterocycles. The smallest absolute Gasteiger partial charge is 0.255 e. The van der Waals surface area contributed by atoms with Gasteiger partial charge in [-0.3, -0.25) is 14.5 Å². The van der Waals surface area contributed by atoms with Gasteiger partial charge in [0.25, 0.3) is 11.8 Å². The summed E-state index contributed by atoms with van der Waals surface area (Å²) in [6, 6.07) is 17.4. The van der Waals surface area contributed by atoms with E-state index in [0.29, 0.717) is 17.3 Å². The Morgan fingerprint density at radius 2 is 1.79 bits per heavy atom. The maximum Gasteiger partial charge on any atom is 0.255 e. The number of unbranched alkanes of at least 4 members (excludes halogenated alkanes) is 2. The third kappa shape index (κ3) is 6.25. The van der Waals surface area contributed by atoms with Crippen LogP contribution in [-0.2, 0) is 17.8 Å². The minimum absolute atomic E-state index is 0.000726. The van der Waals surface area contributed by atoms with E-state index in [2.05, 4.69) is 35.3 Å². The van der Waals surface area contributed by atoms with E-state index in [1.54, 1.807) is 0 Å². The largest absolute Gasteiger partial charge is 0.319 e. The van der Waals surface area contributed by atoms with Crippen molar-refractivity contribution in [1.29, 1.82) is 0 Å². The number of carbonyl (C=O) groups excluding carboxylic acids is 2. The minimum Gasteiger partial charge on any atom is -0.319 e. The van der Waals surface area contributed by atoms with Crippen LogP contribution in [0.15, 0.2) is 54.6 Å². The molecule has 6 nitrogen and oxygen atoms in total. The van der Waals surface area contributed by atoms with Crippen LogP contribution in [0.2, 0.25) is 5.02 Å². The molecule has 2 amide bonds. The van der Waals surface area contributed by atoms with Gasteiger partial charge in [-0.25, -0.2) is 4.98 Å². The van der Waals surface area contributed by atoms with Crippen LogP contribution in [0.25, 0.3) is 0 Å². The normalized spacial score (nSPS) is 19.3. The lowest BCUT2D eigenvalue weighted by atomic mass is 9.99. The standard InChI is InChI=1S/C35H41ClN4O2/c1-3-4-5-8-24-20-31(26-12-13-26)37-32(21-24)38-34(41)33-28-9-6-7-10-29(28)35(42)40(33)27-15-17-39(18-16-27)22-25-11-14-30(36)23(2)19-25/h6-7,9-11,14,19-21,26-27,33H,3-5,8,12-13,15-18,22H2,1-2H3,(H,37,38,41). The number of piperidine rings is 1. The summed E-state index contributed by atoms with van der Waals surface area (Å²) in [4.78, 5) is 36.9. The number of halogens is 1. The Hall–Kier alpha value is -3.22. The van der Waals surface area contributed by atoms with Gasteiger partial charge in [-0.1, -0.05) is 61.7 Å². The summed E-state index contributed by atoms with van der Waals surface area (Å²) in [5, 5.41) is 3.94. The lowest BCUT2D eigenvalue weighted by molar-refractivity contribution is -0.121. The quantitative estimate of drug-likeness (QED) is 0.251. The van der Waals surface area contributed by atoms with E-state index in [-0.39, 0.29) is 17.9 Å². The van der Waals surface area contributed by atoms with Crippen LogP contribution in [0.5, 0.6) is 0 Å². The van der Waals surface area contributed by atoms with Gasteiger partial charge in [-0.05, 0) is 92.0 Å². The number of hydrogen-bond donors (Lipinski definition) is 1. The van der Waals surface area contributed by atoms with Gasteiger partial charge < -0.3 is 10.2 Å². The molecule has 6 rings (SSSR count). The van der Waals surface area contributed by atoms with Crippen molar-refractivity contribution < 1.29 is 9.59 Å². The van der Waals surface area contributed by atoms with Crippen molar-refractivity contribution in [2.75, 3.05) is 18.4 Å². The third-order valence-corrected chi connectivity index (χ3v) is 9.47. The van der Waals surface area contributed by atoms with E-state index in [0.717, 1.165) is 80.0 Å². The van der Waals surface area contributed by atoms with Crippen molar-refractivity contribution in [3.05, 3.63) is 93.1 Å². The van der Waals surface area contributed by atoms with Crippen LogP contribution in [0.3, 0.4) is 0 Å². The number of fused-ring (bicyclic) bond motifs is 1. The number of hydrogen-bond acceptors (Lipinski definition) is 4. The molecule has 3 aromatic rings. The van der Waals surface area contributed by atoms with Crippen LogP contribution in [-0.4, -0.2) is 45.7 Å². The Kier molecular flexibility index (Phi) is 8.64. The SMILES string of the molecule is CCCCCc1cc(NC(=O)C2c3ccccc3C(=O)N2C2CCN(Cc3ccc(Cl)c(C)c3)CC2)nc(C2CC2)c1. The summed E-state index contributed by atoms with van der Waals surface area (Å²) < 4.78 is 0. The van der Waals surface area contributed by atoms with E-state index < -0.39 is 6.04 Å². The first kappa shape index (κ1) is 28.9. The highest BCUT2D eigenvalue weighted by Gasteiger charge is 2.45. The Morgan fingerprint density at radius 1 is 1.00 bits per heavy atom. The van der Waals surface area contributed by atoms with Crippen LogP contribution in [0, 0.1) is 6.92 Å². The molecule has 1 unspecified atom stereocenters. The highest BCUT2D eigenvalue weighted by molar-refractivity contribution is 6.31. The molecule has 2 fully saturated rings. The molecule has 1 atom stereocenters. The molecule has 220 valence electrons. The van der Waals surface area contributed by atoms with Gasteiger partial charge in [-0.2, -0.15) is 0 Å². The maximum absolute atomic E-state index is 14.0. The summed E-state index contributed by atoms with van der Waals surface area (Å²) in [5.41, 5.74) is 6.08. The van der Waals surface area contributed by atoms with E-state index in [1.807, 2.05) is 48.2 Å². The number of aryl methyl sites for hydroxylation is 2. The topological polar surface area (TPSA) is 65.5 Å². The second-order valence-corrected chi connectivity index (χ2v) is 12.7. The van der Waals surface area contributed by atoms with E-state index in [9.17, 15) is 9.59 Å². The zero-order chi connectivity index (χ0) is 29.2. The van der Waals surface area contributed by atoms with Gasteiger partial charge in [0.05, 0.1) is 0 Å². The summed E-state index contributed by atoms with van der Waals surface area (Å²) in [6.07, 6.45) is 8.46. The molecule has 2 aromatic carbocycles. The predicted octanol–water partition coefficient (Wildman–Crippen LogP) is 7.45. The Balaban J connectivity index is 1.19. The predicted molar refractivity (Wildman–Crippen MR) is 168 cm³/mol. The van der Waals surface area contributed by atoms with Crippen LogP contribution < -0.4 is 5.32 Å². The number of amides is 2. The first-order valence-corrected chi connectivity index (χ1v) is 16.0. The molecule has 1 aliphatic carbocycles. The number of benzene rings is 2. The van der Waals surface area contributed by atoms with Crippen LogP contribution >= 0.6 is 11.6 Å². The Labute approximate surface area is 254 Å². The van der Waals surface area contributed by atoms with Crippen LogP contribution in [0.1, 0.15) is 102 Å². The third-order valence-electron chi connectivity index (χ3n) is 9.05. The van der Waals surface area contributed by atoms with Crippen molar-refractivity contribution in [2.45, 2.75) is 89.8 Å². The van der Waals surface area contributed by atoms with E-state index >= 15 is 0 Å². The molecule has 42 heavy (non-hydrogen) atoms. The lowest BCUT2D eigenvalue weighted by Gasteiger charge is -2.39. The van der Waals surface area contributed by atoms with Crippen molar-refractivity contribution in [3.63, 3.8) is 0 Å². The molecule has 0 radical (unpaired) electrons. The monoisotopic (exact) mass is 584 g/mol. The Morgan fingerprint density at radius 3 is 2.52 bits per heavy atom. The average Bonchev–Trinajstić information content (AvgIpc) is 3.80. The summed E-state index contributed by atoms with van der Waals surface area (Å²) in [6.45, 7) is 6.84. The first-order valence-electron chi connectivity index (χ1n) is 15.6. The number of likely N-dealkylation sites (tertiary alicyclic amines) is 1. The summed E-state index contributed by atoms with van der Waals surface area (Å²) in [5.74, 6) is 0.893. The first-order chi connectivity index (χ1) is 20.4. The second-order valence-electron chi connectivity index (χ2n) is 12.3. The molecule has 0 spiro atoms. The highest BCUT2D eigenvalue weighted by Crippen LogP contribution is 2.41. The fraction of sp³-hybridized carbons (Fsp3) is 0.457. The highest BCUT2D eigenvalue weighted by atomic mass is 35.5. The molecular formula is C35H41ClN4O2. The molecular weight excluding hydrogens is 544 g/mol. The molecule has 1 N–H and O–H groups in total. The Bertz CT molecular complexity index is 1460. The van der Waals surface area contributed by atoms with Crippen molar-refractivity contribution in [2.24, 2.45) is 0 Å². The molecule has 2 aliphatic heterocycles. The van der Waals surface area contributed by atoms with Crippen molar-refractivity contribution in [1.82, 2.24) is 14.8 Å². The number of nitrogens with one attached hydrogen (secondary N) is 1. The number of pyridine rings is 1.